The summed E-state index contributed by atoms with van der Waals surface area (Å²) in [5.41, 5.74) is 3.91. The predicted octanol–water partition coefficient (Wildman–Crippen LogP) is 2.58. The minimum Gasteiger partial charge on any atom is -0.477 e. The first-order chi connectivity index (χ1) is 9.06. The van der Waals surface area contributed by atoms with Crippen molar-refractivity contribution < 1.29 is 9.90 Å². The van der Waals surface area contributed by atoms with Crippen LogP contribution >= 0.6 is 0 Å². The summed E-state index contributed by atoms with van der Waals surface area (Å²) in [6, 6.07) is 9.77. The highest BCUT2D eigenvalue weighted by atomic mass is 16.4. The summed E-state index contributed by atoms with van der Waals surface area (Å²) in [4.78, 5) is 10.9. The summed E-state index contributed by atoms with van der Waals surface area (Å²) in [5, 5.41) is 16.6. The number of nitrogens with one attached hydrogen (secondary N) is 1. The fraction of sp³-hybridized carbons (Fsp3) is 0.143. The van der Waals surface area contributed by atoms with Gasteiger partial charge in [-0.25, -0.2) is 4.79 Å². The predicted molar refractivity (Wildman–Crippen MR) is 72.2 cm³/mol. The molecule has 0 aliphatic rings. The Labute approximate surface area is 109 Å². The largest absolute Gasteiger partial charge is 0.477 e. The summed E-state index contributed by atoms with van der Waals surface area (Å²) in [5.74, 6) is -1.01. The minimum absolute atomic E-state index is 0.0939. The number of H-pyrrole nitrogens is 1. The molecule has 2 heterocycles. The van der Waals surface area contributed by atoms with Crippen LogP contribution in [0.3, 0.4) is 0 Å². The molecular formula is C14H13N3O2. The zero-order valence-electron chi connectivity index (χ0n) is 10.6. The number of carboxylic acid groups (broad SMARTS) is 1. The van der Waals surface area contributed by atoms with E-state index in [-0.39, 0.29) is 5.69 Å². The number of rotatable bonds is 2. The smallest absolute Gasteiger partial charge is 0.353 e. The quantitative estimate of drug-likeness (QED) is 0.739. The molecule has 0 aliphatic heterocycles. The van der Waals surface area contributed by atoms with E-state index in [4.69, 9.17) is 5.11 Å². The van der Waals surface area contributed by atoms with Gasteiger partial charge < -0.3 is 9.67 Å². The van der Waals surface area contributed by atoms with E-state index in [1.165, 1.54) is 5.56 Å². The van der Waals surface area contributed by atoms with Crippen molar-refractivity contribution in [2.24, 2.45) is 7.05 Å². The average Bonchev–Trinajstić information content (AvgIpc) is 2.95. The third kappa shape index (κ3) is 1.79. The number of nitrogens with zero attached hydrogens (tertiary/aromatic N) is 2. The Balaban J connectivity index is 2.19. The van der Waals surface area contributed by atoms with E-state index in [2.05, 4.69) is 28.4 Å². The van der Waals surface area contributed by atoms with Crippen LogP contribution in [0.5, 0.6) is 0 Å². The Hall–Kier alpha value is -2.56. The number of hydrogen-bond donors (Lipinski definition) is 2. The van der Waals surface area contributed by atoms with E-state index in [0.29, 0.717) is 5.69 Å². The standard InChI is InChI=1S/C14H13N3O2/c1-8-3-4-9-6-13(17(2)12(9)5-8)10-7-11(14(18)19)16-15-10/h3-7H,1-2H3,(H,15,16)(H,18,19). The molecule has 0 atom stereocenters. The number of aryl methyl sites for hydroxylation is 2. The minimum atomic E-state index is -1.01. The molecule has 2 aromatic heterocycles. The van der Waals surface area contributed by atoms with Crippen LogP contribution in [0.2, 0.25) is 0 Å². The molecule has 3 rings (SSSR count). The van der Waals surface area contributed by atoms with Crippen molar-refractivity contribution in [1.29, 1.82) is 0 Å². The van der Waals surface area contributed by atoms with E-state index < -0.39 is 5.97 Å². The summed E-state index contributed by atoms with van der Waals surface area (Å²) in [6.45, 7) is 2.04. The van der Waals surface area contributed by atoms with Crippen LogP contribution in [-0.2, 0) is 7.05 Å². The normalized spacial score (nSPS) is 11.1. The fourth-order valence-electron chi connectivity index (χ4n) is 2.25. The van der Waals surface area contributed by atoms with Crippen LogP contribution in [-0.4, -0.2) is 25.8 Å². The van der Waals surface area contributed by atoms with Gasteiger partial charge in [-0.3, -0.25) is 5.10 Å². The molecule has 0 spiro atoms. The molecule has 3 aromatic rings. The van der Waals surface area contributed by atoms with Crippen molar-refractivity contribution in [2.45, 2.75) is 6.92 Å². The summed E-state index contributed by atoms with van der Waals surface area (Å²) in [7, 11) is 1.95. The Bertz CT molecular complexity index is 783. The maximum Gasteiger partial charge on any atom is 0.353 e. The highest BCUT2D eigenvalue weighted by Crippen LogP contribution is 2.26. The van der Waals surface area contributed by atoms with Crippen LogP contribution in [0.25, 0.3) is 22.3 Å². The Kier molecular flexibility index (Phi) is 2.41. The first-order valence-electron chi connectivity index (χ1n) is 5.91. The number of fused-ring (bicyclic) bond motifs is 1. The number of benzene rings is 1. The number of carboxylic acids is 1. The second-order valence-corrected chi connectivity index (χ2v) is 4.62. The SMILES string of the molecule is Cc1ccc2cc(-c3cc(C(=O)O)[nH]n3)n(C)c2c1. The summed E-state index contributed by atoms with van der Waals surface area (Å²) in [6.07, 6.45) is 0. The lowest BCUT2D eigenvalue weighted by molar-refractivity contribution is 0.0690. The Morgan fingerprint density at radius 1 is 1.32 bits per heavy atom. The van der Waals surface area contributed by atoms with Gasteiger partial charge in [-0.2, -0.15) is 5.10 Å². The molecule has 0 fully saturated rings. The second kappa shape index (κ2) is 3.98. The Morgan fingerprint density at radius 2 is 2.11 bits per heavy atom. The lowest BCUT2D eigenvalue weighted by Crippen LogP contribution is -1.95. The number of aromatic nitrogens is 3. The third-order valence-electron chi connectivity index (χ3n) is 3.27. The van der Waals surface area contributed by atoms with E-state index >= 15 is 0 Å². The maximum atomic E-state index is 10.9. The van der Waals surface area contributed by atoms with Crippen LogP contribution in [0.1, 0.15) is 16.1 Å². The number of hydrogen-bond acceptors (Lipinski definition) is 2. The fourth-order valence-corrected chi connectivity index (χ4v) is 2.25. The second-order valence-electron chi connectivity index (χ2n) is 4.62. The molecule has 1 aromatic carbocycles. The van der Waals surface area contributed by atoms with Gasteiger partial charge in [0, 0.05) is 24.0 Å². The van der Waals surface area contributed by atoms with Crippen molar-refractivity contribution in [1.82, 2.24) is 14.8 Å². The van der Waals surface area contributed by atoms with E-state index in [0.717, 1.165) is 16.6 Å². The molecule has 0 saturated heterocycles. The highest BCUT2D eigenvalue weighted by Gasteiger charge is 2.13. The molecule has 0 amide bonds. The Morgan fingerprint density at radius 3 is 2.79 bits per heavy atom. The zero-order chi connectivity index (χ0) is 13.6. The van der Waals surface area contributed by atoms with Gasteiger partial charge in [-0.05, 0) is 24.6 Å². The molecule has 0 radical (unpaired) electrons. The summed E-state index contributed by atoms with van der Waals surface area (Å²) >= 11 is 0. The maximum absolute atomic E-state index is 10.9. The lowest BCUT2D eigenvalue weighted by Gasteiger charge is -2.01. The molecule has 19 heavy (non-hydrogen) atoms. The van der Waals surface area contributed by atoms with Crippen molar-refractivity contribution >= 4 is 16.9 Å². The molecule has 0 bridgehead atoms. The topological polar surface area (TPSA) is 70.9 Å². The number of aromatic amines is 1. The molecule has 5 nitrogen and oxygen atoms in total. The molecule has 0 unspecified atom stereocenters. The van der Waals surface area contributed by atoms with Crippen LogP contribution in [0.4, 0.5) is 0 Å². The first kappa shape index (κ1) is 11.5. The van der Waals surface area contributed by atoms with Crippen molar-refractivity contribution in [3.63, 3.8) is 0 Å². The van der Waals surface area contributed by atoms with Gasteiger partial charge in [0.2, 0.25) is 0 Å². The molecule has 96 valence electrons. The third-order valence-corrected chi connectivity index (χ3v) is 3.27. The van der Waals surface area contributed by atoms with Gasteiger partial charge in [0.25, 0.3) is 0 Å². The van der Waals surface area contributed by atoms with E-state index in [1.807, 2.05) is 24.6 Å². The number of carbonyl (C=O) groups is 1. The molecule has 0 aliphatic carbocycles. The van der Waals surface area contributed by atoms with Gasteiger partial charge in [0.1, 0.15) is 11.4 Å². The van der Waals surface area contributed by atoms with Gasteiger partial charge in [0.05, 0.1) is 5.69 Å². The lowest BCUT2D eigenvalue weighted by atomic mass is 10.2. The zero-order valence-corrected chi connectivity index (χ0v) is 10.6. The number of aromatic carboxylic acids is 1. The van der Waals surface area contributed by atoms with Crippen molar-refractivity contribution in [2.75, 3.05) is 0 Å². The molecule has 0 saturated carbocycles. The molecule has 2 N–H and O–H groups in total. The highest BCUT2D eigenvalue weighted by molar-refractivity contribution is 5.89. The van der Waals surface area contributed by atoms with Crippen molar-refractivity contribution in [3.05, 3.63) is 41.6 Å². The van der Waals surface area contributed by atoms with Gasteiger partial charge in [-0.1, -0.05) is 12.1 Å². The van der Waals surface area contributed by atoms with Gasteiger partial charge >= 0.3 is 5.97 Å². The van der Waals surface area contributed by atoms with Gasteiger partial charge in [0.15, 0.2) is 0 Å². The van der Waals surface area contributed by atoms with Gasteiger partial charge in [-0.15, -0.1) is 0 Å². The van der Waals surface area contributed by atoms with Crippen molar-refractivity contribution in [3.8, 4) is 11.4 Å². The van der Waals surface area contributed by atoms with Crippen LogP contribution in [0, 0.1) is 6.92 Å². The summed E-state index contributed by atoms with van der Waals surface area (Å²) < 4.78 is 2.02. The average molecular weight is 255 g/mol. The molecule has 5 heteroatoms. The van der Waals surface area contributed by atoms with Crippen LogP contribution < -0.4 is 0 Å². The first-order valence-corrected chi connectivity index (χ1v) is 5.91. The van der Waals surface area contributed by atoms with Crippen LogP contribution in [0.15, 0.2) is 30.3 Å². The molecular weight excluding hydrogens is 242 g/mol. The van der Waals surface area contributed by atoms with E-state index in [9.17, 15) is 4.79 Å². The monoisotopic (exact) mass is 255 g/mol. The van der Waals surface area contributed by atoms with E-state index in [1.54, 1.807) is 6.07 Å².